The standard InChI is InChI=1S/C13H14F3N3O5/c14-13(15,16)11(23)17-4-1-2-8-6-19(5-3-9(21)7-20)12(24)18-10(8)22/h6,9,20-21H,3-5,7H2,(H,17,23)(H,18,22,24). The molecule has 1 unspecified atom stereocenters. The van der Waals surface area contributed by atoms with Crippen LogP contribution in [0.25, 0.3) is 0 Å². The molecule has 0 fully saturated rings. The van der Waals surface area contributed by atoms with Crippen LogP contribution >= 0.6 is 0 Å². The van der Waals surface area contributed by atoms with E-state index in [-0.39, 0.29) is 18.5 Å². The predicted octanol–water partition coefficient (Wildman–Crippen LogP) is -1.69. The summed E-state index contributed by atoms with van der Waals surface area (Å²) >= 11 is 0. The quantitative estimate of drug-likeness (QED) is 0.472. The molecule has 1 amide bonds. The fourth-order valence-corrected chi connectivity index (χ4v) is 1.51. The van der Waals surface area contributed by atoms with Crippen LogP contribution in [0.5, 0.6) is 0 Å². The molecule has 24 heavy (non-hydrogen) atoms. The van der Waals surface area contributed by atoms with Crippen molar-refractivity contribution < 1.29 is 28.2 Å². The number of hydrogen-bond acceptors (Lipinski definition) is 5. The molecule has 0 aliphatic rings. The fourth-order valence-electron chi connectivity index (χ4n) is 1.51. The number of halogens is 3. The minimum Gasteiger partial charge on any atom is -0.394 e. The molecule has 1 aromatic rings. The molecule has 11 heteroatoms. The number of alkyl halides is 3. The van der Waals surface area contributed by atoms with E-state index in [1.165, 1.54) is 5.32 Å². The van der Waals surface area contributed by atoms with Gasteiger partial charge in [-0.15, -0.1) is 0 Å². The van der Waals surface area contributed by atoms with Crippen LogP contribution in [0, 0.1) is 11.8 Å². The molecule has 132 valence electrons. The minimum atomic E-state index is -5.03. The summed E-state index contributed by atoms with van der Waals surface area (Å²) in [6.45, 7) is -1.15. The van der Waals surface area contributed by atoms with Crippen molar-refractivity contribution in [3.05, 3.63) is 32.6 Å². The van der Waals surface area contributed by atoms with E-state index < -0.39 is 42.6 Å². The number of aliphatic hydroxyl groups is 2. The lowest BCUT2D eigenvalue weighted by molar-refractivity contribution is -0.173. The minimum absolute atomic E-state index is 0.0170. The van der Waals surface area contributed by atoms with Gasteiger partial charge in [0.1, 0.15) is 5.56 Å². The molecule has 0 bridgehead atoms. The first-order valence-corrected chi connectivity index (χ1v) is 6.61. The number of aromatic amines is 1. The lowest BCUT2D eigenvalue weighted by atomic mass is 10.2. The van der Waals surface area contributed by atoms with E-state index in [0.717, 1.165) is 10.8 Å². The van der Waals surface area contributed by atoms with Crippen molar-refractivity contribution in [3.63, 3.8) is 0 Å². The smallest absolute Gasteiger partial charge is 0.394 e. The summed E-state index contributed by atoms with van der Waals surface area (Å²) in [5.74, 6) is 2.24. The van der Waals surface area contributed by atoms with E-state index in [1.807, 2.05) is 4.98 Å². The van der Waals surface area contributed by atoms with Crippen LogP contribution in [-0.4, -0.2) is 51.1 Å². The summed E-state index contributed by atoms with van der Waals surface area (Å²) in [5.41, 5.74) is -1.80. The molecular formula is C13H14F3N3O5. The van der Waals surface area contributed by atoms with Gasteiger partial charge in [-0.2, -0.15) is 13.2 Å². The van der Waals surface area contributed by atoms with Crippen LogP contribution < -0.4 is 16.6 Å². The summed E-state index contributed by atoms with van der Waals surface area (Å²) in [6.07, 6.45) is -4.96. The molecule has 0 aliphatic heterocycles. The lowest BCUT2D eigenvalue weighted by Gasteiger charge is -2.08. The molecule has 0 aliphatic carbocycles. The van der Waals surface area contributed by atoms with Crippen LogP contribution in [0.1, 0.15) is 12.0 Å². The van der Waals surface area contributed by atoms with Crippen LogP contribution in [0.3, 0.4) is 0 Å². The van der Waals surface area contributed by atoms with Crippen molar-refractivity contribution in [2.24, 2.45) is 0 Å². The van der Waals surface area contributed by atoms with Crippen molar-refractivity contribution >= 4 is 5.91 Å². The Morgan fingerprint density at radius 3 is 2.67 bits per heavy atom. The Balaban J connectivity index is 2.82. The summed E-state index contributed by atoms with van der Waals surface area (Å²) in [7, 11) is 0. The van der Waals surface area contributed by atoms with E-state index in [1.54, 1.807) is 0 Å². The van der Waals surface area contributed by atoms with Gasteiger partial charge in [0.05, 0.1) is 19.3 Å². The second kappa shape index (κ2) is 8.32. The number of carbonyl (C=O) groups is 1. The van der Waals surface area contributed by atoms with Gasteiger partial charge in [0.15, 0.2) is 0 Å². The number of H-pyrrole nitrogens is 1. The normalized spacial score (nSPS) is 12.2. The Morgan fingerprint density at radius 1 is 1.42 bits per heavy atom. The van der Waals surface area contributed by atoms with Crippen LogP contribution in [0.2, 0.25) is 0 Å². The van der Waals surface area contributed by atoms with Crippen molar-refractivity contribution in [3.8, 4) is 11.8 Å². The van der Waals surface area contributed by atoms with E-state index in [0.29, 0.717) is 0 Å². The number of carbonyl (C=O) groups excluding carboxylic acids is 1. The third kappa shape index (κ3) is 5.90. The molecule has 1 heterocycles. The SMILES string of the molecule is O=C(NCC#Cc1cn(CCC(O)CO)c(=O)[nH]c1=O)C(F)(F)F. The summed E-state index contributed by atoms with van der Waals surface area (Å²) in [6, 6.07) is 0. The zero-order valence-corrected chi connectivity index (χ0v) is 12.2. The van der Waals surface area contributed by atoms with E-state index >= 15 is 0 Å². The molecule has 0 saturated carbocycles. The average Bonchev–Trinajstić information content (AvgIpc) is 2.50. The van der Waals surface area contributed by atoms with Crippen molar-refractivity contribution in [1.82, 2.24) is 14.9 Å². The van der Waals surface area contributed by atoms with Gasteiger partial charge < -0.3 is 15.5 Å². The molecule has 1 rings (SSSR count). The van der Waals surface area contributed by atoms with E-state index in [2.05, 4.69) is 11.8 Å². The Labute approximate surface area is 132 Å². The molecule has 8 nitrogen and oxygen atoms in total. The summed E-state index contributed by atoms with van der Waals surface area (Å²) in [4.78, 5) is 35.6. The topological polar surface area (TPSA) is 124 Å². The number of hydrogen-bond donors (Lipinski definition) is 4. The monoisotopic (exact) mass is 349 g/mol. The zero-order chi connectivity index (χ0) is 18.3. The first kappa shape index (κ1) is 19.5. The first-order valence-electron chi connectivity index (χ1n) is 6.61. The molecule has 4 N–H and O–H groups in total. The van der Waals surface area contributed by atoms with Crippen molar-refractivity contribution in [2.45, 2.75) is 25.2 Å². The van der Waals surface area contributed by atoms with Gasteiger partial charge in [-0.1, -0.05) is 11.8 Å². The highest BCUT2D eigenvalue weighted by Gasteiger charge is 2.38. The molecule has 1 atom stereocenters. The fraction of sp³-hybridized carbons (Fsp3) is 0.462. The maximum Gasteiger partial charge on any atom is 0.471 e. The van der Waals surface area contributed by atoms with Crippen LogP contribution in [0.4, 0.5) is 13.2 Å². The number of aryl methyl sites for hydroxylation is 1. The lowest BCUT2D eigenvalue weighted by Crippen LogP contribution is -2.36. The number of aromatic nitrogens is 2. The Kier molecular flexibility index (Phi) is 6.75. The van der Waals surface area contributed by atoms with Gasteiger partial charge in [0.2, 0.25) is 0 Å². The number of nitrogens with one attached hydrogen (secondary N) is 2. The van der Waals surface area contributed by atoms with Gasteiger partial charge in [-0.05, 0) is 6.42 Å². The summed E-state index contributed by atoms with van der Waals surface area (Å²) < 4.78 is 36.9. The van der Waals surface area contributed by atoms with Gasteiger partial charge in [-0.25, -0.2) is 4.79 Å². The number of rotatable bonds is 5. The van der Waals surface area contributed by atoms with E-state index in [9.17, 15) is 32.7 Å². The highest BCUT2D eigenvalue weighted by molar-refractivity contribution is 5.81. The molecule has 0 radical (unpaired) electrons. The second-order valence-corrected chi connectivity index (χ2v) is 4.60. The van der Waals surface area contributed by atoms with Gasteiger partial charge in [0.25, 0.3) is 5.56 Å². The third-order valence-electron chi connectivity index (χ3n) is 2.74. The Hall–Kier alpha value is -2.58. The van der Waals surface area contributed by atoms with Gasteiger partial charge in [-0.3, -0.25) is 19.1 Å². The summed E-state index contributed by atoms with van der Waals surface area (Å²) in [5, 5.41) is 19.4. The average molecular weight is 349 g/mol. The van der Waals surface area contributed by atoms with Crippen LogP contribution in [-0.2, 0) is 11.3 Å². The maximum atomic E-state index is 11.9. The molecule has 0 aromatic carbocycles. The highest BCUT2D eigenvalue weighted by atomic mass is 19.4. The van der Waals surface area contributed by atoms with E-state index in [4.69, 9.17) is 5.11 Å². The molecule has 1 aromatic heterocycles. The van der Waals surface area contributed by atoms with Gasteiger partial charge in [0, 0.05) is 12.7 Å². The van der Waals surface area contributed by atoms with Crippen molar-refractivity contribution in [2.75, 3.05) is 13.2 Å². The molecule has 0 saturated heterocycles. The highest BCUT2D eigenvalue weighted by Crippen LogP contribution is 2.13. The number of amides is 1. The predicted molar refractivity (Wildman–Crippen MR) is 75.0 cm³/mol. The van der Waals surface area contributed by atoms with Crippen LogP contribution in [0.15, 0.2) is 15.8 Å². The molecule has 0 spiro atoms. The van der Waals surface area contributed by atoms with Crippen molar-refractivity contribution in [1.29, 1.82) is 0 Å². The largest absolute Gasteiger partial charge is 0.471 e. The number of nitrogens with zero attached hydrogens (tertiary/aromatic N) is 1. The second-order valence-electron chi connectivity index (χ2n) is 4.60. The molecular weight excluding hydrogens is 335 g/mol. The Bertz CT molecular complexity index is 757. The third-order valence-corrected chi connectivity index (χ3v) is 2.74. The first-order chi connectivity index (χ1) is 11.1. The number of aliphatic hydroxyl groups excluding tert-OH is 2. The zero-order valence-electron chi connectivity index (χ0n) is 12.2. The maximum absolute atomic E-state index is 11.9. The van der Waals surface area contributed by atoms with Gasteiger partial charge >= 0.3 is 17.8 Å². The Morgan fingerprint density at radius 2 is 2.08 bits per heavy atom.